The summed E-state index contributed by atoms with van der Waals surface area (Å²) in [4.78, 5) is 14.4. The van der Waals surface area contributed by atoms with Crippen molar-refractivity contribution >= 4 is 17.3 Å². The van der Waals surface area contributed by atoms with E-state index in [4.69, 9.17) is 14.6 Å². The Morgan fingerprint density at radius 3 is 2.39 bits per heavy atom. The number of carboxylic acid groups (broad SMARTS) is 1. The molecule has 1 heterocycles. The van der Waals surface area contributed by atoms with Gasteiger partial charge in [-0.25, -0.2) is 0 Å². The minimum Gasteiger partial charge on any atom is -0.490 e. The number of nitrogens with zero attached hydrogens (tertiary/aromatic N) is 3. The van der Waals surface area contributed by atoms with Gasteiger partial charge in [-0.15, -0.1) is 0 Å². The molecule has 2 aromatic rings. The molecule has 150 valence electrons. The van der Waals surface area contributed by atoms with Crippen molar-refractivity contribution in [1.82, 2.24) is 4.98 Å². The van der Waals surface area contributed by atoms with Crippen molar-refractivity contribution in [2.45, 2.75) is 45.4 Å². The van der Waals surface area contributed by atoms with E-state index in [1.54, 1.807) is 24.5 Å². The lowest BCUT2D eigenvalue weighted by molar-refractivity contribution is -0.137. The minimum absolute atomic E-state index is 0.249. The normalized spacial score (nSPS) is 10.9. The van der Waals surface area contributed by atoms with Crippen LogP contribution < -0.4 is 9.47 Å². The maximum absolute atomic E-state index is 10.5. The van der Waals surface area contributed by atoms with Crippen molar-refractivity contribution in [2.24, 2.45) is 10.2 Å². The van der Waals surface area contributed by atoms with Crippen molar-refractivity contribution in [3.05, 3.63) is 42.7 Å². The Kier molecular flexibility index (Phi) is 9.47. The summed E-state index contributed by atoms with van der Waals surface area (Å²) in [7, 11) is 0. The highest BCUT2D eigenvalue weighted by molar-refractivity contribution is 5.66. The van der Waals surface area contributed by atoms with Crippen LogP contribution in [0.15, 0.2) is 53.0 Å². The van der Waals surface area contributed by atoms with Crippen LogP contribution in [0.3, 0.4) is 0 Å². The molecular weight excluding hydrogens is 358 g/mol. The average Bonchev–Trinajstić information content (AvgIpc) is 2.70. The molecule has 1 N–H and O–H groups in total. The van der Waals surface area contributed by atoms with E-state index in [2.05, 4.69) is 15.2 Å². The third-order valence-corrected chi connectivity index (χ3v) is 3.96. The van der Waals surface area contributed by atoms with E-state index in [9.17, 15) is 4.79 Å². The fourth-order valence-corrected chi connectivity index (χ4v) is 2.56. The Balaban J connectivity index is 1.81. The highest BCUT2D eigenvalue weighted by Crippen LogP contribution is 2.32. The van der Waals surface area contributed by atoms with Gasteiger partial charge in [-0.3, -0.25) is 9.78 Å². The first-order valence-corrected chi connectivity index (χ1v) is 9.62. The first-order valence-electron chi connectivity index (χ1n) is 9.62. The number of carboxylic acids is 1. The van der Waals surface area contributed by atoms with Gasteiger partial charge < -0.3 is 14.6 Å². The van der Waals surface area contributed by atoms with E-state index in [-0.39, 0.29) is 6.42 Å². The summed E-state index contributed by atoms with van der Waals surface area (Å²) in [6.07, 6.45) is 8.21. The number of carbonyl (C=O) groups is 1. The van der Waals surface area contributed by atoms with E-state index < -0.39 is 5.97 Å². The largest absolute Gasteiger partial charge is 0.490 e. The van der Waals surface area contributed by atoms with Crippen LogP contribution in [-0.4, -0.2) is 29.3 Å². The maximum atomic E-state index is 10.5. The molecule has 0 atom stereocenters. The predicted octanol–water partition coefficient (Wildman–Crippen LogP) is 5.70. The number of hydrogen-bond acceptors (Lipinski definition) is 6. The number of hydrogen-bond donors (Lipinski definition) is 1. The molecule has 28 heavy (non-hydrogen) atoms. The van der Waals surface area contributed by atoms with Gasteiger partial charge in [0.15, 0.2) is 11.5 Å². The summed E-state index contributed by atoms with van der Waals surface area (Å²) in [6.45, 7) is 3.05. The van der Waals surface area contributed by atoms with Crippen LogP contribution in [0.5, 0.6) is 11.5 Å². The number of benzene rings is 1. The van der Waals surface area contributed by atoms with E-state index in [0.29, 0.717) is 30.4 Å². The number of rotatable bonds is 13. The SMILES string of the molecule is CCOc1cc(N=Nc2ccncc2)ccc1OCCCCCCCC(=O)O. The Hall–Kier alpha value is -2.96. The number of ether oxygens (including phenoxy) is 2. The lowest BCUT2D eigenvalue weighted by Crippen LogP contribution is -2.01. The van der Waals surface area contributed by atoms with Gasteiger partial charge in [0.25, 0.3) is 0 Å². The molecule has 0 amide bonds. The third-order valence-electron chi connectivity index (χ3n) is 3.96. The molecule has 0 aliphatic heterocycles. The van der Waals surface area contributed by atoms with Gasteiger partial charge in [0, 0.05) is 24.9 Å². The van der Waals surface area contributed by atoms with Gasteiger partial charge in [0.1, 0.15) is 0 Å². The highest BCUT2D eigenvalue weighted by Gasteiger charge is 2.07. The number of azo groups is 1. The second-order valence-electron chi connectivity index (χ2n) is 6.23. The van der Waals surface area contributed by atoms with E-state index >= 15 is 0 Å². The smallest absolute Gasteiger partial charge is 0.303 e. The molecule has 0 saturated heterocycles. The van der Waals surface area contributed by atoms with Crippen LogP contribution in [-0.2, 0) is 4.79 Å². The molecule has 0 bridgehead atoms. The van der Waals surface area contributed by atoms with Crippen molar-refractivity contribution in [1.29, 1.82) is 0 Å². The summed E-state index contributed by atoms with van der Waals surface area (Å²) in [5, 5.41) is 17.0. The number of aromatic nitrogens is 1. The number of pyridine rings is 1. The van der Waals surface area contributed by atoms with Crippen LogP contribution >= 0.6 is 0 Å². The lowest BCUT2D eigenvalue weighted by atomic mass is 10.1. The molecule has 7 heteroatoms. The molecule has 2 rings (SSSR count). The molecule has 0 unspecified atom stereocenters. The molecule has 0 spiro atoms. The van der Waals surface area contributed by atoms with Crippen LogP contribution in [0.1, 0.15) is 45.4 Å². The topological polar surface area (TPSA) is 93.4 Å². The Labute approximate surface area is 165 Å². The third kappa shape index (κ3) is 8.16. The van der Waals surface area contributed by atoms with Crippen molar-refractivity contribution < 1.29 is 19.4 Å². The Morgan fingerprint density at radius 1 is 0.929 bits per heavy atom. The number of aliphatic carboxylic acids is 1. The van der Waals surface area contributed by atoms with Crippen molar-refractivity contribution in [3.8, 4) is 11.5 Å². The zero-order valence-electron chi connectivity index (χ0n) is 16.2. The molecule has 0 aliphatic carbocycles. The van der Waals surface area contributed by atoms with E-state index in [0.717, 1.165) is 37.8 Å². The summed E-state index contributed by atoms with van der Waals surface area (Å²) in [5.74, 6) is 0.612. The second kappa shape index (κ2) is 12.4. The van der Waals surface area contributed by atoms with Crippen LogP contribution in [0.4, 0.5) is 11.4 Å². The minimum atomic E-state index is -0.726. The Bertz CT molecular complexity index is 751. The molecule has 0 saturated carbocycles. The fraction of sp³-hybridized carbons (Fsp3) is 0.429. The maximum Gasteiger partial charge on any atom is 0.303 e. The predicted molar refractivity (Wildman–Crippen MR) is 107 cm³/mol. The number of unbranched alkanes of at least 4 members (excludes halogenated alkanes) is 4. The first-order chi connectivity index (χ1) is 13.7. The highest BCUT2D eigenvalue weighted by atomic mass is 16.5. The van der Waals surface area contributed by atoms with Gasteiger partial charge in [-0.05, 0) is 44.0 Å². The van der Waals surface area contributed by atoms with Gasteiger partial charge in [0.05, 0.1) is 24.6 Å². The zero-order chi connectivity index (χ0) is 20.0. The summed E-state index contributed by atoms with van der Waals surface area (Å²) in [6, 6.07) is 9.07. The quantitative estimate of drug-likeness (QED) is 0.352. The van der Waals surface area contributed by atoms with E-state index in [1.165, 1.54) is 0 Å². The van der Waals surface area contributed by atoms with Crippen molar-refractivity contribution in [3.63, 3.8) is 0 Å². The zero-order valence-corrected chi connectivity index (χ0v) is 16.2. The molecule has 1 aromatic heterocycles. The standard InChI is InChI=1S/C21H27N3O4/c1-2-27-20-16-18(24-23-17-11-13-22-14-12-17)9-10-19(20)28-15-7-5-3-4-6-8-21(25)26/h9-14,16H,2-8,15H2,1H3,(H,25,26). The van der Waals surface area contributed by atoms with Gasteiger partial charge in [0.2, 0.25) is 0 Å². The molecule has 1 aromatic carbocycles. The summed E-state index contributed by atoms with van der Waals surface area (Å²) in [5.41, 5.74) is 1.42. The van der Waals surface area contributed by atoms with Crippen LogP contribution in [0, 0.1) is 0 Å². The summed E-state index contributed by atoms with van der Waals surface area (Å²) < 4.78 is 11.5. The van der Waals surface area contributed by atoms with Gasteiger partial charge in [-0.1, -0.05) is 19.3 Å². The van der Waals surface area contributed by atoms with Crippen LogP contribution in [0.2, 0.25) is 0 Å². The monoisotopic (exact) mass is 385 g/mol. The Morgan fingerprint density at radius 2 is 1.64 bits per heavy atom. The molecule has 0 fully saturated rings. The lowest BCUT2D eigenvalue weighted by Gasteiger charge is -2.12. The fourth-order valence-electron chi connectivity index (χ4n) is 2.56. The van der Waals surface area contributed by atoms with Crippen LogP contribution in [0.25, 0.3) is 0 Å². The van der Waals surface area contributed by atoms with Gasteiger partial charge >= 0.3 is 5.97 Å². The second-order valence-corrected chi connectivity index (χ2v) is 6.23. The average molecular weight is 385 g/mol. The molecular formula is C21H27N3O4. The molecule has 0 aliphatic rings. The van der Waals surface area contributed by atoms with Gasteiger partial charge in [-0.2, -0.15) is 10.2 Å². The summed E-state index contributed by atoms with van der Waals surface area (Å²) >= 11 is 0. The molecule has 7 nitrogen and oxygen atoms in total. The van der Waals surface area contributed by atoms with E-state index in [1.807, 2.05) is 25.1 Å². The first kappa shape index (κ1) is 21.3. The van der Waals surface area contributed by atoms with Crippen molar-refractivity contribution in [2.75, 3.05) is 13.2 Å². The molecule has 0 radical (unpaired) electrons.